The minimum absolute atomic E-state index is 0.106. The Balaban J connectivity index is 2.52. The van der Waals surface area contributed by atoms with Crippen LogP contribution in [-0.2, 0) is 0 Å². The van der Waals surface area contributed by atoms with Gasteiger partial charge in [-0.15, -0.1) is 11.3 Å². The molecule has 0 saturated heterocycles. The second-order valence-corrected chi connectivity index (χ2v) is 6.16. The maximum atomic E-state index is 6.37. The van der Waals surface area contributed by atoms with E-state index in [2.05, 4.69) is 18.4 Å². The number of hydrazine groups is 1. The normalized spacial score (nSPS) is 12.5. The first-order valence-electron chi connectivity index (χ1n) is 6.34. The van der Waals surface area contributed by atoms with Crippen molar-refractivity contribution in [2.75, 3.05) is 7.11 Å². The van der Waals surface area contributed by atoms with Gasteiger partial charge in [0.2, 0.25) is 0 Å². The third-order valence-corrected chi connectivity index (χ3v) is 5.23. The molecule has 0 amide bonds. The molecular weight excluding hydrogens is 292 g/mol. The quantitative estimate of drug-likeness (QED) is 0.665. The molecule has 1 unspecified atom stereocenters. The highest BCUT2D eigenvalue weighted by molar-refractivity contribution is 7.10. The Labute approximate surface area is 128 Å². The van der Waals surface area contributed by atoms with E-state index in [9.17, 15) is 0 Å². The Morgan fingerprint density at radius 2 is 1.90 bits per heavy atom. The van der Waals surface area contributed by atoms with Crippen molar-refractivity contribution < 1.29 is 4.74 Å². The molecule has 3 N–H and O–H groups in total. The first-order valence-corrected chi connectivity index (χ1v) is 7.60. The van der Waals surface area contributed by atoms with Crippen molar-refractivity contribution in [3.8, 4) is 5.75 Å². The summed E-state index contributed by atoms with van der Waals surface area (Å²) < 4.78 is 5.35. The van der Waals surface area contributed by atoms with Crippen molar-refractivity contribution in [3.05, 3.63) is 49.7 Å². The van der Waals surface area contributed by atoms with E-state index in [1.54, 1.807) is 18.4 Å². The van der Waals surface area contributed by atoms with Crippen LogP contribution < -0.4 is 16.0 Å². The highest BCUT2D eigenvalue weighted by atomic mass is 35.5. The van der Waals surface area contributed by atoms with Gasteiger partial charge in [-0.05, 0) is 54.5 Å². The molecular formula is C15H19ClN2OS. The number of benzene rings is 1. The highest BCUT2D eigenvalue weighted by Gasteiger charge is 2.21. The van der Waals surface area contributed by atoms with Crippen molar-refractivity contribution in [2.24, 2.45) is 5.84 Å². The molecule has 108 valence electrons. The van der Waals surface area contributed by atoms with E-state index in [0.29, 0.717) is 0 Å². The van der Waals surface area contributed by atoms with Gasteiger partial charge in [0.25, 0.3) is 0 Å². The number of aryl methyl sites for hydroxylation is 3. The van der Waals surface area contributed by atoms with Gasteiger partial charge < -0.3 is 4.74 Å². The standard InChI is InChI=1S/C15H19ClN2OS/c1-8-6-12(19-4)9(2)5-11(8)14(18-17)15-13(16)10(3)7-20-15/h5-7,14,18H,17H2,1-4H3. The predicted molar refractivity (Wildman–Crippen MR) is 85.7 cm³/mol. The van der Waals surface area contributed by atoms with Crippen LogP contribution in [0.2, 0.25) is 5.02 Å². The molecule has 2 aromatic rings. The lowest BCUT2D eigenvalue weighted by Crippen LogP contribution is -2.29. The summed E-state index contributed by atoms with van der Waals surface area (Å²) in [5.74, 6) is 6.66. The smallest absolute Gasteiger partial charge is 0.122 e. The molecule has 0 fully saturated rings. The molecule has 3 nitrogen and oxygen atoms in total. The molecule has 1 aromatic carbocycles. The third kappa shape index (κ3) is 2.69. The molecule has 20 heavy (non-hydrogen) atoms. The van der Waals surface area contributed by atoms with Crippen molar-refractivity contribution >= 4 is 22.9 Å². The molecule has 0 radical (unpaired) electrons. The minimum atomic E-state index is -0.106. The number of hydrogen-bond donors (Lipinski definition) is 2. The molecule has 0 spiro atoms. The summed E-state index contributed by atoms with van der Waals surface area (Å²) in [6.45, 7) is 6.08. The van der Waals surface area contributed by atoms with Gasteiger partial charge in [-0.3, -0.25) is 5.84 Å². The molecule has 1 atom stereocenters. The second kappa shape index (κ2) is 6.14. The summed E-state index contributed by atoms with van der Waals surface area (Å²) in [5.41, 5.74) is 7.28. The molecule has 1 heterocycles. The fourth-order valence-electron chi connectivity index (χ4n) is 2.29. The summed E-state index contributed by atoms with van der Waals surface area (Å²) in [6.07, 6.45) is 0. The molecule has 2 rings (SSSR count). The zero-order chi connectivity index (χ0) is 14.9. The van der Waals surface area contributed by atoms with Gasteiger partial charge >= 0.3 is 0 Å². The third-order valence-electron chi connectivity index (χ3n) is 3.45. The Kier molecular flexibility index (Phi) is 4.70. The van der Waals surface area contributed by atoms with Crippen molar-refractivity contribution in [3.63, 3.8) is 0 Å². The van der Waals surface area contributed by atoms with Crippen LogP contribution in [0, 0.1) is 20.8 Å². The fraction of sp³-hybridized carbons (Fsp3) is 0.333. The number of rotatable bonds is 4. The van der Waals surface area contributed by atoms with E-state index in [1.807, 2.05) is 25.3 Å². The zero-order valence-electron chi connectivity index (χ0n) is 12.1. The van der Waals surface area contributed by atoms with E-state index in [1.165, 1.54) is 0 Å². The number of ether oxygens (including phenoxy) is 1. The van der Waals surface area contributed by atoms with Crippen molar-refractivity contribution in [1.29, 1.82) is 0 Å². The monoisotopic (exact) mass is 310 g/mol. The fourth-order valence-corrected chi connectivity index (χ4v) is 3.67. The molecule has 0 bridgehead atoms. The van der Waals surface area contributed by atoms with Crippen LogP contribution in [-0.4, -0.2) is 7.11 Å². The molecule has 0 aliphatic carbocycles. The Bertz CT molecular complexity index is 625. The Hall–Kier alpha value is -1.07. The van der Waals surface area contributed by atoms with Crippen molar-refractivity contribution in [1.82, 2.24) is 5.43 Å². The largest absolute Gasteiger partial charge is 0.496 e. The summed E-state index contributed by atoms with van der Waals surface area (Å²) in [5, 5.41) is 2.83. The van der Waals surface area contributed by atoms with Gasteiger partial charge in [0.15, 0.2) is 0 Å². The SMILES string of the molecule is COc1cc(C)c(C(NN)c2scc(C)c2Cl)cc1C. The molecule has 5 heteroatoms. The van der Waals surface area contributed by atoms with Crippen LogP contribution in [0.1, 0.15) is 33.2 Å². The van der Waals surface area contributed by atoms with Gasteiger partial charge in [0.1, 0.15) is 5.75 Å². The maximum absolute atomic E-state index is 6.37. The molecule has 1 aromatic heterocycles. The molecule has 0 aliphatic heterocycles. The summed E-state index contributed by atoms with van der Waals surface area (Å²) in [7, 11) is 1.68. The lowest BCUT2D eigenvalue weighted by Gasteiger charge is -2.20. The maximum Gasteiger partial charge on any atom is 0.122 e. The average molecular weight is 311 g/mol. The van der Waals surface area contributed by atoms with Crippen LogP contribution in [0.15, 0.2) is 17.5 Å². The van der Waals surface area contributed by atoms with E-state index in [4.69, 9.17) is 22.2 Å². The van der Waals surface area contributed by atoms with E-state index < -0.39 is 0 Å². The first kappa shape index (κ1) is 15.3. The lowest BCUT2D eigenvalue weighted by atomic mass is 9.97. The number of nitrogens with two attached hydrogens (primary N) is 1. The van der Waals surface area contributed by atoms with Gasteiger partial charge in [-0.2, -0.15) is 0 Å². The van der Waals surface area contributed by atoms with Crippen LogP contribution in [0.5, 0.6) is 5.75 Å². The topological polar surface area (TPSA) is 47.3 Å². The molecule has 0 saturated carbocycles. The van der Waals surface area contributed by atoms with E-state index in [-0.39, 0.29) is 6.04 Å². The highest BCUT2D eigenvalue weighted by Crippen LogP contribution is 2.37. The van der Waals surface area contributed by atoms with E-state index in [0.717, 1.165) is 37.9 Å². The van der Waals surface area contributed by atoms with Crippen LogP contribution in [0.4, 0.5) is 0 Å². The predicted octanol–water partition coefficient (Wildman–Crippen LogP) is 3.89. The van der Waals surface area contributed by atoms with Gasteiger partial charge in [0, 0.05) is 4.88 Å². The van der Waals surface area contributed by atoms with Gasteiger partial charge in [-0.1, -0.05) is 17.7 Å². The van der Waals surface area contributed by atoms with Crippen LogP contribution >= 0.6 is 22.9 Å². The summed E-state index contributed by atoms with van der Waals surface area (Å²) in [6, 6.07) is 4.03. The van der Waals surface area contributed by atoms with Crippen LogP contribution in [0.3, 0.4) is 0 Å². The first-order chi connectivity index (χ1) is 9.49. The Morgan fingerprint density at radius 1 is 1.20 bits per heavy atom. The Morgan fingerprint density at radius 3 is 2.40 bits per heavy atom. The van der Waals surface area contributed by atoms with E-state index >= 15 is 0 Å². The van der Waals surface area contributed by atoms with Gasteiger partial charge in [0.05, 0.1) is 18.2 Å². The minimum Gasteiger partial charge on any atom is -0.496 e. The number of methoxy groups -OCH3 is 1. The molecule has 0 aliphatic rings. The zero-order valence-corrected chi connectivity index (χ0v) is 13.7. The van der Waals surface area contributed by atoms with Crippen LogP contribution in [0.25, 0.3) is 0 Å². The number of halogens is 1. The lowest BCUT2D eigenvalue weighted by molar-refractivity contribution is 0.411. The number of thiophene rings is 1. The number of nitrogens with one attached hydrogen (secondary N) is 1. The number of hydrogen-bond acceptors (Lipinski definition) is 4. The summed E-state index contributed by atoms with van der Waals surface area (Å²) in [4.78, 5) is 1.04. The second-order valence-electron chi connectivity index (χ2n) is 4.88. The summed E-state index contributed by atoms with van der Waals surface area (Å²) >= 11 is 8.00. The average Bonchev–Trinajstić information content (AvgIpc) is 2.75. The van der Waals surface area contributed by atoms with Gasteiger partial charge in [-0.25, -0.2) is 5.43 Å². The van der Waals surface area contributed by atoms with Crippen molar-refractivity contribution in [2.45, 2.75) is 26.8 Å².